The van der Waals surface area contributed by atoms with Gasteiger partial charge in [-0.15, -0.1) is 0 Å². The summed E-state index contributed by atoms with van der Waals surface area (Å²) in [6.45, 7) is -0.894. The Hall–Kier alpha value is -0.770. The molecule has 0 atom stereocenters. The van der Waals surface area contributed by atoms with E-state index in [9.17, 15) is 9.90 Å². The summed E-state index contributed by atoms with van der Waals surface area (Å²) in [5.41, 5.74) is 4.34. The van der Waals surface area contributed by atoms with Crippen molar-refractivity contribution in [3.05, 3.63) is 0 Å². The molecule has 0 heterocycles. The second-order valence-corrected chi connectivity index (χ2v) is 0.581. The number of rotatable bonds is 1. The van der Waals surface area contributed by atoms with Gasteiger partial charge in [0.15, 0.2) is 0 Å². The van der Waals surface area contributed by atoms with E-state index in [0.29, 0.717) is 0 Å². The molecule has 1 radical (unpaired) electrons. The molecule has 0 rings (SSSR count). The van der Waals surface area contributed by atoms with E-state index in [-0.39, 0.29) is 0 Å². The van der Waals surface area contributed by atoms with Crippen LogP contribution in [0.15, 0.2) is 0 Å². The quantitative estimate of drug-likeness (QED) is 0.439. The van der Waals surface area contributed by atoms with Gasteiger partial charge in [-0.1, -0.05) is 0 Å². The summed E-state index contributed by atoms with van der Waals surface area (Å²) in [4.78, 5) is 9.40. The summed E-state index contributed by atoms with van der Waals surface area (Å²) < 4.78 is 3.62. The molecule has 0 aromatic heterocycles. The van der Waals surface area contributed by atoms with Crippen LogP contribution in [0.5, 0.6) is 0 Å². The molecule has 0 saturated heterocycles. The SMILES string of the molecule is NC(=O)OC[O]. The summed E-state index contributed by atoms with van der Waals surface area (Å²) in [6, 6.07) is 0. The molecule has 0 unspecified atom stereocenters. The largest absolute Gasteiger partial charge is 0.420 e. The molecule has 35 valence electrons. The Balaban J connectivity index is 2.83. The molecule has 0 aliphatic rings. The van der Waals surface area contributed by atoms with E-state index in [2.05, 4.69) is 10.5 Å². The van der Waals surface area contributed by atoms with E-state index in [1.807, 2.05) is 0 Å². The maximum absolute atomic E-state index is 9.40. The number of hydrogen-bond acceptors (Lipinski definition) is 2. The lowest BCUT2D eigenvalue weighted by Gasteiger charge is -1.86. The number of nitrogens with two attached hydrogens (primary N) is 1. The molecule has 4 nitrogen and oxygen atoms in total. The smallest absolute Gasteiger partial charge is 0.406 e. The highest BCUT2D eigenvalue weighted by Crippen LogP contribution is 1.63. The van der Waals surface area contributed by atoms with Crippen molar-refractivity contribution in [3.63, 3.8) is 0 Å². The van der Waals surface area contributed by atoms with Crippen LogP contribution in [-0.2, 0) is 9.84 Å². The summed E-state index contributed by atoms with van der Waals surface area (Å²) in [7, 11) is 0. The van der Waals surface area contributed by atoms with E-state index in [1.54, 1.807) is 0 Å². The lowest BCUT2D eigenvalue weighted by Crippen LogP contribution is -2.12. The molecule has 0 aromatic rings. The third kappa shape index (κ3) is 3.23. The number of hydrogen-bond donors (Lipinski definition) is 1. The molecule has 6 heavy (non-hydrogen) atoms. The normalized spacial score (nSPS) is 7.50. The van der Waals surface area contributed by atoms with Crippen molar-refractivity contribution in [1.29, 1.82) is 0 Å². The van der Waals surface area contributed by atoms with Crippen LogP contribution < -0.4 is 5.73 Å². The van der Waals surface area contributed by atoms with Crippen molar-refractivity contribution in [1.82, 2.24) is 0 Å². The van der Waals surface area contributed by atoms with Gasteiger partial charge in [-0.05, 0) is 0 Å². The molecule has 0 spiro atoms. The van der Waals surface area contributed by atoms with Crippen LogP contribution in [0.1, 0.15) is 0 Å². The first kappa shape index (κ1) is 5.23. The van der Waals surface area contributed by atoms with Crippen LogP contribution in [0, 0.1) is 0 Å². The van der Waals surface area contributed by atoms with Crippen LogP contribution in [-0.4, -0.2) is 12.9 Å². The summed E-state index contributed by atoms with van der Waals surface area (Å²) >= 11 is 0. The third-order valence-electron chi connectivity index (χ3n) is 0.201. The minimum absolute atomic E-state index is 0.894. The monoisotopic (exact) mass is 90.0 g/mol. The number of ether oxygens (including phenoxy) is 1. The van der Waals surface area contributed by atoms with Gasteiger partial charge >= 0.3 is 6.09 Å². The number of primary amides is 1. The Morgan fingerprint density at radius 3 is 2.33 bits per heavy atom. The van der Waals surface area contributed by atoms with Crippen LogP contribution in [0.2, 0.25) is 0 Å². The van der Waals surface area contributed by atoms with E-state index in [0.717, 1.165) is 0 Å². The molecule has 0 bridgehead atoms. The zero-order chi connectivity index (χ0) is 4.99. The number of carbonyl (C=O) groups excluding carboxylic acids is 1. The molecular formula is C2H4NO3. The van der Waals surface area contributed by atoms with Gasteiger partial charge in [-0.3, -0.25) is 0 Å². The van der Waals surface area contributed by atoms with Gasteiger partial charge in [0.25, 0.3) is 0 Å². The highest BCUT2D eigenvalue weighted by atomic mass is 16.6. The van der Waals surface area contributed by atoms with Crippen molar-refractivity contribution < 1.29 is 14.6 Å². The first-order valence-corrected chi connectivity index (χ1v) is 1.27. The Kier molecular flexibility index (Phi) is 2.15. The summed E-state index contributed by atoms with van der Waals surface area (Å²) in [5.74, 6) is 0. The lowest BCUT2D eigenvalue weighted by atomic mass is 11.2. The molecule has 0 saturated carbocycles. The van der Waals surface area contributed by atoms with E-state index in [4.69, 9.17) is 0 Å². The molecule has 2 N–H and O–H groups in total. The van der Waals surface area contributed by atoms with Crippen LogP contribution in [0.25, 0.3) is 0 Å². The Labute approximate surface area is 34.5 Å². The highest BCUT2D eigenvalue weighted by Gasteiger charge is 1.84. The van der Waals surface area contributed by atoms with Gasteiger partial charge in [-0.2, -0.15) is 5.11 Å². The minimum Gasteiger partial charge on any atom is -0.420 e. The zero-order valence-electron chi connectivity index (χ0n) is 3.01. The average molecular weight is 90.1 g/mol. The lowest BCUT2D eigenvalue weighted by molar-refractivity contribution is 0.00386. The van der Waals surface area contributed by atoms with Gasteiger partial charge in [0.1, 0.15) is 0 Å². The average Bonchev–Trinajstić information content (AvgIpc) is 1.35. The topological polar surface area (TPSA) is 72.2 Å². The summed E-state index contributed by atoms with van der Waals surface area (Å²) in [5, 5.41) is 9.22. The Morgan fingerprint density at radius 2 is 2.33 bits per heavy atom. The van der Waals surface area contributed by atoms with Crippen molar-refractivity contribution in [2.75, 3.05) is 6.79 Å². The predicted octanol–water partition coefficient (Wildman–Crippen LogP) is -0.530. The number of amides is 1. The first-order valence-electron chi connectivity index (χ1n) is 1.27. The predicted molar refractivity (Wildman–Crippen MR) is 16.2 cm³/mol. The van der Waals surface area contributed by atoms with Gasteiger partial charge in [0.2, 0.25) is 6.79 Å². The molecule has 4 heteroatoms. The van der Waals surface area contributed by atoms with Crippen LogP contribution >= 0.6 is 0 Å². The fourth-order valence-corrected chi connectivity index (χ4v) is 0.0581. The maximum Gasteiger partial charge on any atom is 0.406 e. The van der Waals surface area contributed by atoms with Crippen molar-refractivity contribution in [2.24, 2.45) is 5.73 Å². The third-order valence-corrected chi connectivity index (χ3v) is 0.201. The van der Waals surface area contributed by atoms with Gasteiger partial charge in [0.05, 0.1) is 0 Å². The van der Waals surface area contributed by atoms with Crippen molar-refractivity contribution >= 4 is 6.09 Å². The second-order valence-electron chi connectivity index (χ2n) is 0.581. The fourth-order valence-electron chi connectivity index (χ4n) is 0.0581. The van der Waals surface area contributed by atoms with Gasteiger partial charge < -0.3 is 10.5 Å². The van der Waals surface area contributed by atoms with E-state index >= 15 is 0 Å². The Bertz CT molecular complexity index is 52.8. The Morgan fingerprint density at radius 1 is 1.83 bits per heavy atom. The first-order chi connectivity index (χ1) is 2.77. The van der Waals surface area contributed by atoms with Crippen molar-refractivity contribution in [2.45, 2.75) is 0 Å². The zero-order valence-corrected chi connectivity index (χ0v) is 3.01. The molecule has 0 aliphatic carbocycles. The molecule has 0 aliphatic heterocycles. The van der Waals surface area contributed by atoms with Crippen molar-refractivity contribution in [3.8, 4) is 0 Å². The van der Waals surface area contributed by atoms with Crippen LogP contribution in [0.3, 0.4) is 0 Å². The van der Waals surface area contributed by atoms with E-state index < -0.39 is 12.9 Å². The molecule has 1 amide bonds. The minimum atomic E-state index is -1.02. The standard InChI is InChI=1S/C2H4NO3/c3-2(5)6-1-4/h1H2,(H2,3,5). The van der Waals surface area contributed by atoms with Crippen LogP contribution in [0.4, 0.5) is 4.79 Å². The van der Waals surface area contributed by atoms with Gasteiger partial charge in [0, 0.05) is 0 Å². The molecular weight excluding hydrogens is 86.0 g/mol. The highest BCUT2D eigenvalue weighted by molar-refractivity contribution is 5.64. The summed E-state index contributed by atoms with van der Waals surface area (Å²) in [6.07, 6.45) is -1.02. The molecule has 0 aromatic carbocycles. The maximum atomic E-state index is 9.40. The second kappa shape index (κ2) is 2.47. The number of carbonyl (C=O) groups is 1. The fraction of sp³-hybridized carbons (Fsp3) is 0.500. The van der Waals surface area contributed by atoms with Gasteiger partial charge in [-0.25, -0.2) is 4.79 Å². The van der Waals surface area contributed by atoms with E-state index in [1.165, 1.54) is 0 Å². The molecule has 0 fully saturated rings.